The third-order valence-corrected chi connectivity index (χ3v) is 6.98. The van der Waals surface area contributed by atoms with Crippen LogP contribution in [0.2, 0.25) is 0 Å². The highest BCUT2D eigenvalue weighted by atomic mass is 31.2. The van der Waals surface area contributed by atoms with Crippen molar-refractivity contribution in [3.63, 3.8) is 0 Å². The summed E-state index contributed by atoms with van der Waals surface area (Å²) in [6, 6.07) is 0. The molecule has 0 N–H and O–H groups in total. The zero-order valence-electron chi connectivity index (χ0n) is 14.1. The number of nitrogens with zero attached hydrogens (tertiary/aromatic N) is 1. The van der Waals surface area contributed by atoms with E-state index in [0.717, 1.165) is 0 Å². The van der Waals surface area contributed by atoms with Crippen LogP contribution in [0.3, 0.4) is 0 Å². The summed E-state index contributed by atoms with van der Waals surface area (Å²) in [6.45, 7) is 6.98. The van der Waals surface area contributed by atoms with Crippen LogP contribution in [-0.4, -0.2) is 37.6 Å². The van der Waals surface area contributed by atoms with E-state index in [2.05, 4.69) is 0 Å². The Morgan fingerprint density at radius 3 is 1.48 bits per heavy atom. The summed E-state index contributed by atoms with van der Waals surface area (Å²) < 4.78 is 73.4. The summed E-state index contributed by atoms with van der Waals surface area (Å²) in [7, 11) is -8.50. The van der Waals surface area contributed by atoms with Gasteiger partial charge in [0.2, 0.25) is 5.44 Å². The van der Waals surface area contributed by atoms with Gasteiger partial charge < -0.3 is 9.05 Å². The van der Waals surface area contributed by atoms with E-state index in [1.807, 2.05) is 0 Å². The van der Waals surface area contributed by atoms with E-state index in [-0.39, 0.29) is 33.0 Å². The van der Waals surface area contributed by atoms with E-state index in [4.69, 9.17) is 18.1 Å². The van der Waals surface area contributed by atoms with Crippen molar-refractivity contribution in [2.45, 2.75) is 34.6 Å². The predicted molar refractivity (Wildman–Crippen MR) is 83.3 cm³/mol. The van der Waals surface area contributed by atoms with Gasteiger partial charge >= 0.3 is 21.4 Å². The number of halogens is 2. The van der Waals surface area contributed by atoms with Crippen molar-refractivity contribution in [1.29, 1.82) is 0 Å². The molecule has 23 heavy (non-hydrogen) atoms. The molecule has 0 unspecified atom stereocenters. The molecule has 0 radical (unpaired) electrons. The molecule has 0 aliphatic heterocycles. The van der Waals surface area contributed by atoms with E-state index < -0.39 is 26.9 Å². The van der Waals surface area contributed by atoms with Gasteiger partial charge in [0.25, 0.3) is 0 Å². The molecule has 0 saturated heterocycles. The van der Waals surface area contributed by atoms with Gasteiger partial charge in [-0.05, 0) is 34.6 Å². The second kappa shape index (κ2) is 10.5. The van der Waals surface area contributed by atoms with Gasteiger partial charge in [0.15, 0.2) is 0 Å². The van der Waals surface area contributed by atoms with Gasteiger partial charge in [-0.15, -0.1) is 0 Å². The van der Waals surface area contributed by atoms with Crippen molar-refractivity contribution >= 4 is 15.3 Å². The van der Waals surface area contributed by atoms with E-state index >= 15 is 0 Å². The lowest BCUT2D eigenvalue weighted by Crippen LogP contribution is -2.24. The largest absolute Gasteiger partial charge is 0.435 e. The molecule has 0 spiro atoms. The highest BCUT2D eigenvalue weighted by Crippen LogP contribution is 2.66. The van der Waals surface area contributed by atoms with E-state index in [1.165, 1.54) is 20.8 Å². The zero-order valence-corrected chi connectivity index (χ0v) is 15.9. The molecule has 0 heterocycles. The molecule has 0 amide bonds. The average Bonchev–Trinajstić information content (AvgIpc) is 2.44. The maximum Gasteiger partial charge on any atom is 0.435 e. The second-order valence-corrected chi connectivity index (χ2v) is 7.81. The maximum absolute atomic E-state index is 13.6. The van der Waals surface area contributed by atoms with Crippen molar-refractivity contribution in [3.8, 4) is 0 Å². The summed E-state index contributed by atoms with van der Waals surface area (Å²) in [5.74, 6) is 0. The summed E-state index contributed by atoms with van der Waals surface area (Å²) in [4.78, 5) is 0. The number of hydrogen-bond acceptors (Lipinski definition) is 6. The fourth-order valence-electron chi connectivity index (χ4n) is 1.78. The maximum atomic E-state index is 13.6. The Hall–Kier alpha value is -0.300. The molecule has 138 valence electrons. The lowest BCUT2D eigenvalue weighted by atomic mass is 10.7. The Bertz CT molecular complexity index is 464. The van der Waals surface area contributed by atoms with E-state index in [9.17, 15) is 17.9 Å². The fraction of sp³-hybridized carbons (Fsp3) is 0.833. The molecule has 0 aromatic rings. The van der Waals surface area contributed by atoms with Crippen LogP contribution in [0, 0.1) is 0 Å². The molecule has 0 bridgehead atoms. The lowest BCUT2D eigenvalue weighted by Gasteiger charge is -2.33. The summed E-state index contributed by atoms with van der Waals surface area (Å²) in [5, 5.41) is 0. The van der Waals surface area contributed by atoms with E-state index in [0.29, 0.717) is 4.67 Å². The van der Waals surface area contributed by atoms with Crippen LogP contribution in [0.5, 0.6) is 0 Å². The third kappa shape index (κ3) is 5.93. The van der Waals surface area contributed by atoms with Gasteiger partial charge in [-0.3, -0.25) is 18.3 Å². The van der Waals surface area contributed by atoms with Crippen LogP contribution in [0.15, 0.2) is 11.5 Å². The normalized spacial score (nSPS) is 12.3. The second-order valence-electron chi connectivity index (χ2n) is 3.94. The molecule has 0 aliphatic carbocycles. The van der Waals surface area contributed by atoms with Gasteiger partial charge in [0.1, 0.15) is 0 Å². The molecule has 7 nitrogen and oxygen atoms in total. The molecule has 0 atom stereocenters. The topological polar surface area (TPSA) is 74.3 Å². The summed E-state index contributed by atoms with van der Waals surface area (Å²) >= 11 is 0. The Labute approximate surface area is 136 Å². The van der Waals surface area contributed by atoms with Gasteiger partial charge in [0.05, 0.1) is 26.4 Å². The monoisotopic (exact) mass is 379 g/mol. The minimum Gasteiger partial charge on any atom is -0.304 e. The number of hydrogen-bond donors (Lipinski definition) is 0. The molecule has 0 aliphatic rings. The summed E-state index contributed by atoms with van der Waals surface area (Å²) in [5.41, 5.74) is -1.09. The van der Waals surface area contributed by atoms with Gasteiger partial charge in [-0.2, -0.15) is 8.78 Å². The van der Waals surface area contributed by atoms with Crippen LogP contribution < -0.4 is 0 Å². The van der Waals surface area contributed by atoms with Crippen molar-refractivity contribution < 1.29 is 36.0 Å². The van der Waals surface area contributed by atoms with Crippen molar-refractivity contribution in [1.82, 2.24) is 4.67 Å². The van der Waals surface area contributed by atoms with Gasteiger partial charge in [0, 0.05) is 6.54 Å². The Morgan fingerprint density at radius 1 is 0.826 bits per heavy atom. The minimum atomic E-state index is -4.38. The van der Waals surface area contributed by atoms with Crippen molar-refractivity contribution in [2.24, 2.45) is 0 Å². The van der Waals surface area contributed by atoms with E-state index in [1.54, 1.807) is 13.8 Å². The number of rotatable bonds is 12. The highest BCUT2D eigenvalue weighted by Gasteiger charge is 2.46. The predicted octanol–water partition coefficient (Wildman–Crippen LogP) is 4.82. The first-order valence-electron chi connectivity index (χ1n) is 7.38. The first-order chi connectivity index (χ1) is 10.8. The first kappa shape index (κ1) is 22.7. The lowest BCUT2D eigenvalue weighted by molar-refractivity contribution is 0.171. The smallest absolute Gasteiger partial charge is 0.304 e. The van der Waals surface area contributed by atoms with Crippen LogP contribution >= 0.6 is 15.3 Å². The average molecular weight is 379 g/mol. The Balaban J connectivity index is 6.12. The Morgan fingerprint density at radius 2 is 1.22 bits per heavy atom. The SMILES string of the molecule is CCOP(=O)(OCC)C(=C(F)F)N(CC)P(=O)(OCC)OCC. The third-order valence-electron chi connectivity index (χ3n) is 2.45. The molecule has 0 rings (SSSR count). The molecular weight excluding hydrogens is 354 g/mol. The molecule has 11 heteroatoms. The fourth-order valence-corrected chi connectivity index (χ4v) is 5.73. The van der Waals surface area contributed by atoms with Crippen LogP contribution in [0.25, 0.3) is 0 Å². The molecule has 0 aromatic heterocycles. The highest BCUT2D eigenvalue weighted by molar-refractivity contribution is 7.60. The standard InChI is InChI=1S/C12H25F2NO6P2/c1-6-15(23(17,20-9-4)21-10-5)12(11(13)14)22(16,18-7-2)19-8-3/h6-10H2,1-5H3. The minimum absolute atomic E-state index is 0.0392. The zero-order chi connectivity index (χ0) is 18.1. The molecular formula is C12H25F2NO6P2. The van der Waals surface area contributed by atoms with Gasteiger partial charge in [-0.1, -0.05) is 0 Å². The first-order valence-corrected chi connectivity index (χ1v) is 10.4. The van der Waals surface area contributed by atoms with Crippen LogP contribution in [-0.2, 0) is 27.2 Å². The quantitative estimate of drug-likeness (QED) is 0.450. The van der Waals surface area contributed by atoms with Crippen molar-refractivity contribution in [3.05, 3.63) is 11.5 Å². The molecule has 0 saturated carbocycles. The molecule has 0 fully saturated rings. The van der Waals surface area contributed by atoms with Crippen LogP contribution in [0.4, 0.5) is 8.78 Å². The Kier molecular flexibility index (Phi) is 10.4. The molecule has 0 aromatic carbocycles. The van der Waals surface area contributed by atoms with Gasteiger partial charge in [-0.25, -0.2) is 4.57 Å². The summed E-state index contributed by atoms with van der Waals surface area (Å²) in [6.07, 6.45) is -2.32. The van der Waals surface area contributed by atoms with Crippen LogP contribution in [0.1, 0.15) is 34.6 Å². The van der Waals surface area contributed by atoms with Crippen molar-refractivity contribution in [2.75, 3.05) is 33.0 Å².